The lowest BCUT2D eigenvalue weighted by atomic mass is 9.49. The molecule has 0 aromatic heterocycles. The van der Waals surface area contributed by atoms with Crippen LogP contribution < -0.4 is 5.32 Å². The molecule has 0 radical (unpaired) electrons. The fourth-order valence-electron chi connectivity index (χ4n) is 8.58. The summed E-state index contributed by atoms with van der Waals surface area (Å²) in [6.07, 6.45) is 12.8. The zero-order chi connectivity index (χ0) is 19.6. The Hall–Kier alpha value is -0.810. The summed E-state index contributed by atoms with van der Waals surface area (Å²) >= 11 is 0. The molecule has 0 aromatic carbocycles. The van der Waals surface area contributed by atoms with Gasteiger partial charge in [0, 0.05) is 26.2 Å². The first-order chi connectivity index (χ1) is 14.1. The van der Waals surface area contributed by atoms with E-state index in [1.54, 1.807) is 0 Å². The van der Waals surface area contributed by atoms with Crippen LogP contribution in [0.15, 0.2) is 0 Å². The van der Waals surface area contributed by atoms with Crippen molar-refractivity contribution in [1.82, 2.24) is 15.1 Å². The second kappa shape index (κ2) is 7.65. The van der Waals surface area contributed by atoms with E-state index in [9.17, 15) is 9.59 Å². The third kappa shape index (κ3) is 3.30. The van der Waals surface area contributed by atoms with E-state index < -0.39 is 0 Å². The fourth-order valence-corrected chi connectivity index (χ4v) is 8.58. The lowest BCUT2D eigenvalue weighted by Crippen LogP contribution is -2.58. The predicted molar refractivity (Wildman–Crippen MR) is 118 cm³/mol. The Bertz CT molecular complexity index is 659. The Morgan fingerprint density at radius 1 is 0.867 bits per heavy atom. The lowest BCUT2D eigenvalue weighted by Gasteiger charge is -2.56. The van der Waals surface area contributed by atoms with Crippen molar-refractivity contribution in [3.63, 3.8) is 0 Å². The van der Waals surface area contributed by atoms with Gasteiger partial charge in [0.2, 0.25) is 11.8 Å². The molecular weight excluding hydrogens is 398 g/mol. The number of halogens is 1. The molecule has 4 aliphatic carbocycles. The SMILES string of the molecule is Cl.O=C(C1CCCN1C(=O)C12CC3CC(CC(C3)C1)C2)N1CCC2(CCNC2)CC1. The second-order valence-corrected chi connectivity index (χ2v) is 11.6. The maximum absolute atomic E-state index is 13.8. The van der Waals surface area contributed by atoms with Crippen molar-refractivity contribution in [3.05, 3.63) is 0 Å². The molecule has 7 aliphatic rings. The molecule has 4 bridgehead atoms. The summed E-state index contributed by atoms with van der Waals surface area (Å²) in [7, 11) is 0. The van der Waals surface area contributed by atoms with E-state index in [-0.39, 0.29) is 29.8 Å². The van der Waals surface area contributed by atoms with E-state index in [1.165, 1.54) is 25.7 Å². The summed E-state index contributed by atoms with van der Waals surface area (Å²) in [5.41, 5.74) is 0.320. The number of carbonyl (C=O) groups is 2. The number of likely N-dealkylation sites (tertiary alicyclic amines) is 2. The van der Waals surface area contributed by atoms with E-state index in [0.717, 1.165) is 95.4 Å². The second-order valence-electron chi connectivity index (χ2n) is 11.6. The van der Waals surface area contributed by atoms with Gasteiger partial charge in [-0.2, -0.15) is 0 Å². The van der Waals surface area contributed by atoms with Crippen LogP contribution in [-0.2, 0) is 9.59 Å². The highest BCUT2D eigenvalue weighted by atomic mass is 35.5. The standard InChI is InChI=1S/C24H37N3O2.ClH/c28-21(26-8-4-23(5-9-26)3-6-25-16-23)20-2-1-7-27(20)22(29)24-13-17-10-18(14-24)12-19(11-17)15-24;/h17-20,25H,1-16H2;1H. The van der Waals surface area contributed by atoms with Gasteiger partial charge in [-0.1, -0.05) is 0 Å². The maximum atomic E-state index is 13.8. The fraction of sp³-hybridized carbons (Fsp3) is 0.917. The molecule has 6 heteroatoms. The van der Waals surface area contributed by atoms with Gasteiger partial charge >= 0.3 is 0 Å². The number of carbonyl (C=O) groups excluding carboxylic acids is 2. The molecule has 168 valence electrons. The largest absolute Gasteiger partial charge is 0.341 e. The molecular formula is C24H38ClN3O2. The van der Waals surface area contributed by atoms with Gasteiger partial charge in [0.25, 0.3) is 0 Å². The van der Waals surface area contributed by atoms with Gasteiger partial charge in [-0.05, 0) is 100 Å². The Balaban J connectivity index is 0.00000193. The Kier molecular flexibility index (Phi) is 5.37. The molecule has 1 spiro atoms. The van der Waals surface area contributed by atoms with Crippen LogP contribution in [0.2, 0.25) is 0 Å². The van der Waals surface area contributed by atoms with E-state index in [0.29, 0.717) is 11.3 Å². The number of hydrogen-bond donors (Lipinski definition) is 1. The molecule has 0 aromatic rings. The van der Waals surface area contributed by atoms with Gasteiger partial charge in [0.15, 0.2) is 0 Å². The summed E-state index contributed by atoms with van der Waals surface area (Å²) in [6.45, 7) is 4.82. The predicted octanol–water partition coefficient (Wildman–Crippen LogP) is 3.22. The van der Waals surface area contributed by atoms with E-state index in [4.69, 9.17) is 0 Å². The van der Waals surface area contributed by atoms with Crippen molar-refractivity contribution in [2.75, 3.05) is 32.7 Å². The van der Waals surface area contributed by atoms with Crippen LogP contribution >= 0.6 is 12.4 Å². The maximum Gasteiger partial charge on any atom is 0.245 e. The molecule has 3 saturated heterocycles. The lowest BCUT2D eigenvalue weighted by molar-refractivity contribution is -0.162. The Morgan fingerprint density at radius 3 is 2.07 bits per heavy atom. The number of rotatable bonds is 2. The Morgan fingerprint density at radius 2 is 1.50 bits per heavy atom. The molecule has 4 saturated carbocycles. The highest BCUT2D eigenvalue weighted by Crippen LogP contribution is 2.60. The average molecular weight is 436 g/mol. The molecule has 1 N–H and O–H groups in total. The quantitative estimate of drug-likeness (QED) is 0.724. The van der Waals surface area contributed by atoms with Gasteiger partial charge in [0.05, 0.1) is 5.41 Å². The zero-order valence-electron chi connectivity index (χ0n) is 18.2. The number of nitrogens with zero attached hydrogens (tertiary/aromatic N) is 2. The molecule has 1 unspecified atom stereocenters. The van der Waals surface area contributed by atoms with E-state index >= 15 is 0 Å². The molecule has 2 amide bonds. The highest BCUT2D eigenvalue weighted by molar-refractivity contribution is 5.91. The van der Waals surface area contributed by atoms with Gasteiger partial charge in [-0.15, -0.1) is 12.4 Å². The van der Waals surface area contributed by atoms with Crippen molar-refractivity contribution >= 4 is 24.2 Å². The van der Waals surface area contributed by atoms with Gasteiger partial charge < -0.3 is 15.1 Å². The normalized spacial score (nSPS) is 41.3. The summed E-state index contributed by atoms with van der Waals surface area (Å²) in [5.74, 6) is 2.95. The minimum Gasteiger partial charge on any atom is -0.341 e. The molecule has 5 nitrogen and oxygen atoms in total. The van der Waals surface area contributed by atoms with Crippen LogP contribution in [0.25, 0.3) is 0 Å². The number of nitrogens with one attached hydrogen (secondary N) is 1. The zero-order valence-corrected chi connectivity index (χ0v) is 19.1. The molecule has 3 heterocycles. The summed E-state index contributed by atoms with van der Waals surface area (Å²) in [4.78, 5) is 31.5. The van der Waals surface area contributed by atoms with Crippen molar-refractivity contribution in [3.8, 4) is 0 Å². The molecule has 7 fully saturated rings. The topological polar surface area (TPSA) is 52.7 Å². The van der Waals surface area contributed by atoms with Crippen LogP contribution in [0.3, 0.4) is 0 Å². The van der Waals surface area contributed by atoms with Crippen molar-refractivity contribution < 1.29 is 9.59 Å². The Labute approximate surface area is 187 Å². The highest BCUT2D eigenvalue weighted by Gasteiger charge is 2.57. The van der Waals surface area contributed by atoms with Crippen LogP contribution in [0.4, 0.5) is 0 Å². The first kappa shape index (κ1) is 21.1. The first-order valence-corrected chi connectivity index (χ1v) is 12.4. The first-order valence-electron chi connectivity index (χ1n) is 12.4. The van der Waals surface area contributed by atoms with Crippen LogP contribution in [0.5, 0.6) is 0 Å². The number of amides is 2. The number of piperidine rings is 1. The summed E-state index contributed by atoms with van der Waals surface area (Å²) < 4.78 is 0. The van der Waals surface area contributed by atoms with Gasteiger partial charge in [-0.3, -0.25) is 9.59 Å². The molecule has 1 atom stereocenters. The van der Waals surface area contributed by atoms with Crippen LogP contribution in [-0.4, -0.2) is 60.4 Å². The average Bonchev–Trinajstić information content (AvgIpc) is 3.36. The molecule has 7 rings (SSSR count). The minimum absolute atomic E-state index is 0. The van der Waals surface area contributed by atoms with Crippen molar-refractivity contribution in [2.45, 2.75) is 76.7 Å². The van der Waals surface area contributed by atoms with E-state index in [1.807, 2.05) is 0 Å². The monoisotopic (exact) mass is 435 g/mol. The number of hydrogen-bond acceptors (Lipinski definition) is 3. The summed E-state index contributed by atoms with van der Waals surface area (Å²) in [5, 5.41) is 3.51. The van der Waals surface area contributed by atoms with Crippen LogP contribution in [0.1, 0.15) is 70.6 Å². The summed E-state index contributed by atoms with van der Waals surface area (Å²) in [6, 6.07) is -0.175. The van der Waals surface area contributed by atoms with Crippen molar-refractivity contribution in [1.29, 1.82) is 0 Å². The van der Waals surface area contributed by atoms with Gasteiger partial charge in [-0.25, -0.2) is 0 Å². The third-order valence-corrected chi connectivity index (χ3v) is 9.76. The molecule has 30 heavy (non-hydrogen) atoms. The minimum atomic E-state index is -0.175. The van der Waals surface area contributed by atoms with Crippen LogP contribution in [0, 0.1) is 28.6 Å². The molecule has 3 aliphatic heterocycles. The van der Waals surface area contributed by atoms with E-state index in [2.05, 4.69) is 15.1 Å². The third-order valence-electron chi connectivity index (χ3n) is 9.76. The smallest absolute Gasteiger partial charge is 0.245 e. The van der Waals surface area contributed by atoms with Crippen molar-refractivity contribution in [2.24, 2.45) is 28.6 Å². The van der Waals surface area contributed by atoms with Gasteiger partial charge in [0.1, 0.15) is 6.04 Å².